The molecule has 1 atom stereocenters. The Bertz CT molecular complexity index is 154. The van der Waals surface area contributed by atoms with E-state index in [1.54, 1.807) is 11.8 Å². The molecule has 1 rings (SSSR count). The molecule has 0 amide bonds. The zero-order chi connectivity index (χ0) is 7.40. The highest BCUT2D eigenvalue weighted by molar-refractivity contribution is 8.00. The third kappa shape index (κ3) is 2.43. The molecule has 0 spiro atoms. The summed E-state index contributed by atoms with van der Waals surface area (Å²) in [5.41, 5.74) is 0. The zero-order valence-electron chi connectivity index (χ0n) is 5.87. The van der Waals surface area contributed by atoms with Gasteiger partial charge in [0, 0.05) is 12.7 Å². The van der Waals surface area contributed by atoms with Crippen molar-refractivity contribution < 1.29 is 9.53 Å². The lowest BCUT2D eigenvalue weighted by atomic mass is 10.4. The second-order valence-electron chi connectivity index (χ2n) is 2.10. The van der Waals surface area contributed by atoms with Crippen molar-refractivity contribution in [3.8, 4) is 0 Å². The third-order valence-corrected chi connectivity index (χ3v) is 2.31. The van der Waals surface area contributed by atoms with Crippen LogP contribution < -0.4 is 0 Å². The molecule has 0 aromatic rings. The van der Waals surface area contributed by atoms with E-state index in [1.165, 1.54) is 6.92 Å². The second kappa shape index (κ2) is 3.66. The molecule has 0 N–H and O–H groups in total. The molecule has 1 aliphatic rings. The summed E-state index contributed by atoms with van der Waals surface area (Å²) < 4.78 is 4.81. The van der Waals surface area contributed by atoms with Gasteiger partial charge in [0.05, 0.1) is 5.25 Å². The molecule has 0 unspecified atom stereocenters. The Morgan fingerprint density at radius 2 is 2.70 bits per heavy atom. The van der Waals surface area contributed by atoms with Crippen LogP contribution in [0.15, 0.2) is 12.2 Å². The molecule has 3 heteroatoms. The Hall–Kier alpha value is -0.440. The number of hydrogen-bond donors (Lipinski definition) is 0. The Kier molecular flexibility index (Phi) is 2.81. The Morgan fingerprint density at radius 3 is 3.20 bits per heavy atom. The highest BCUT2D eigenvalue weighted by atomic mass is 32.2. The van der Waals surface area contributed by atoms with Gasteiger partial charge in [-0.3, -0.25) is 4.79 Å². The van der Waals surface area contributed by atoms with Gasteiger partial charge in [0.2, 0.25) is 0 Å². The van der Waals surface area contributed by atoms with Crippen LogP contribution in [-0.2, 0) is 9.53 Å². The molecule has 56 valence electrons. The van der Waals surface area contributed by atoms with Crippen LogP contribution in [0.3, 0.4) is 0 Å². The number of hydrogen-bond acceptors (Lipinski definition) is 3. The van der Waals surface area contributed by atoms with Crippen LogP contribution in [0.4, 0.5) is 0 Å². The molecule has 0 radical (unpaired) electrons. The van der Waals surface area contributed by atoms with Gasteiger partial charge in [0.1, 0.15) is 6.61 Å². The van der Waals surface area contributed by atoms with Gasteiger partial charge in [-0.05, 0) is 0 Å². The summed E-state index contributed by atoms with van der Waals surface area (Å²) in [6, 6.07) is 0. The van der Waals surface area contributed by atoms with E-state index >= 15 is 0 Å². The van der Waals surface area contributed by atoms with Gasteiger partial charge in [0.15, 0.2) is 0 Å². The summed E-state index contributed by atoms with van der Waals surface area (Å²) in [5.74, 6) is 0.854. The van der Waals surface area contributed by atoms with Crippen LogP contribution in [0.1, 0.15) is 6.92 Å². The van der Waals surface area contributed by atoms with Crippen LogP contribution >= 0.6 is 11.8 Å². The van der Waals surface area contributed by atoms with Crippen LogP contribution in [0.5, 0.6) is 0 Å². The second-order valence-corrected chi connectivity index (χ2v) is 3.37. The molecule has 0 aliphatic carbocycles. The van der Waals surface area contributed by atoms with Gasteiger partial charge >= 0.3 is 5.97 Å². The standard InChI is InChI=1S/C7H10O2S/c1-6(8)9-5-7-3-2-4-10-7/h2-3,7H,4-5H2,1H3/t7-/m0/s1. The first-order valence-corrected chi connectivity index (χ1v) is 4.25. The molecule has 0 saturated heterocycles. The Morgan fingerprint density at radius 1 is 1.90 bits per heavy atom. The van der Waals surface area contributed by atoms with Crippen molar-refractivity contribution in [2.24, 2.45) is 0 Å². The summed E-state index contributed by atoms with van der Waals surface area (Å²) in [6.45, 7) is 1.96. The molecule has 10 heavy (non-hydrogen) atoms. The van der Waals surface area contributed by atoms with Crippen molar-refractivity contribution in [1.29, 1.82) is 0 Å². The van der Waals surface area contributed by atoms with Gasteiger partial charge in [-0.1, -0.05) is 12.2 Å². The number of thioether (sulfide) groups is 1. The predicted molar refractivity (Wildman–Crippen MR) is 42.0 cm³/mol. The lowest BCUT2D eigenvalue weighted by Crippen LogP contribution is -2.10. The first-order chi connectivity index (χ1) is 4.79. The van der Waals surface area contributed by atoms with E-state index in [4.69, 9.17) is 4.74 Å². The van der Waals surface area contributed by atoms with E-state index in [0.29, 0.717) is 11.9 Å². The van der Waals surface area contributed by atoms with Crippen molar-refractivity contribution in [3.63, 3.8) is 0 Å². The van der Waals surface area contributed by atoms with Crippen molar-refractivity contribution in [1.82, 2.24) is 0 Å². The first kappa shape index (κ1) is 7.66. The maximum Gasteiger partial charge on any atom is 0.302 e. The summed E-state index contributed by atoms with van der Waals surface area (Å²) in [4.78, 5) is 10.3. The number of rotatable bonds is 2. The molecular weight excluding hydrogens is 148 g/mol. The zero-order valence-corrected chi connectivity index (χ0v) is 6.69. The number of esters is 1. The molecule has 0 aromatic carbocycles. The van der Waals surface area contributed by atoms with E-state index in [-0.39, 0.29) is 5.97 Å². The van der Waals surface area contributed by atoms with Gasteiger partial charge in [-0.15, -0.1) is 11.8 Å². The molecule has 2 nitrogen and oxygen atoms in total. The summed E-state index contributed by atoms with van der Waals surface area (Å²) in [5, 5.41) is 0.392. The number of carbonyl (C=O) groups is 1. The average Bonchev–Trinajstić information content (AvgIpc) is 2.34. The van der Waals surface area contributed by atoms with E-state index in [2.05, 4.69) is 12.2 Å². The smallest absolute Gasteiger partial charge is 0.302 e. The molecule has 0 fully saturated rings. The highest BCUT2D eigenvalue weighted by Gasteiger charge is 2.10. The van der Waals surface area contributed by atoms with Crippen LogP contribution in [0, 0.1) is 0 Å². The lowest BCUT2D eigenvalue weighted by Gasteiger charge is -2.05. The number of carbonyl (C=O) groups excluding carboxylic acids is 1. The first-order valence-electron chi connectivity index (χ1n) is 3.20. The quantitative estimate of drug-likeness (QED) is 0.446. The fraction of sp³-hybridized carbons (Fsp3) is 0.571. The summed E-state index contributed by atoms with van der Waals surface area (Å²) in [6.07, 6.45) is 4.17. The maximum absolute atomic E-state index is 10.3. The minimum Gasteiger partial charge on any atom is -0.464 e. The Balaban J connectivity index is 2.13. The maximum atomic E-state index is 10.3. The molecule has 0 aromatic heterocycles. The van der Waals surface area contributed by atoms with Crippen molar-refractivity contribution in [2.75, 3.05) is 12.4 Å². The van der Waals surface area contributed by atoms with E-state index < -0.39 is 0 Å². The van der Waals surface area contributed by atoms with Crippen LogP contribution in [0.2, 0.25) is 0 Å². The molecule has 0 bridgehead atoms. The van der Waals surface area contributed by atoms with Crippen LogP contribution in [0.25, 0.3) is 0 Å². The third-order valence-electron chi connectivity index (χ3n) is 1.21. The van der Waals surface area contributed by atoms with E-state index in [9.17, 15) is 4.79 Å². The fourth-order valence-corrected chi connectivity index (χ4v) is 1.60. The highest BCUT2D eigenvalue weighted by Crippen LogP contribution is 2.19. The minimum absolute atomic E-state index is 0.194. The largest absolute Gasteiger partial charge is 0.464 e. The lowest BCUT2D eigenvalue weighted by molar-refractivity contribution is -0.140. The van der Waals surface area contributed by atoms with E-state index in [0.717, 1.165) is 5.75 Å². The van der Waals surface area contributed by atoms with Crippen LogP contribution in [-0.4, -0.2) is 23.6 Å². The number of ether oxygens (including phenoxy) is 1. The predicted octanol–water partition coefficient (Wildman–Crippen LogP) is 1.22. The van der Waals surface area contributed by atoms with Crippen molar-refractivity contribution in [2.45, 2.75) is 12.2 Å². The van der Waals surface area contributed by atoms with Crippen molar-refractivity contribution in [3.05, 3.63) is 12.2 Å². The van der Waals surface area contributed by atoms with Gasteiger partial charge in [0.25, 0.3) is 0 Å². The minimum atomic E-state index is -0.194. The Labute approximate surface area is 64.6 Å². The molecule has 1 aliphatic heterocycles. The molecule has 1 heterocycles. The average molecular weight is 158 g/mol. The van der Waals surface area contributed by atoms with Gasteiger partial charge < -0.3 is 4.74 Å². The molecular formula is C7H10O2S. The van der Waals surface area contributed by atoms with E-state index in [1.807, 2.05) is 0 Å². The summed E-state index contributed by atoms with van der Waals surface area (Å²) >= 11 is 1.80. The summed E-state index contributed by atoms with van der Waals surface area (Å²) in [7, 11) is 0. The van der Waals surface area contributed by atoms with Gasteiger partial charge in [-0.2, -0.15) is 0 Å². The normalized spacial score (nSPS) is 23.1. The molecule has 0 saturated carbocycles. The van der Waals surface area contributed by atoms with Crippen molar-refractivity contribution >= 4 is 17.7 Å². The fourth-order valence-electron chi connectivity index (χ4n) is 0.745. The topological polar surface area (TPSA) is 26.3 Å². The SMILES string of the molecule is CC(=O)OC[C@@H]1C=CCS1. The van der Waals surface area contributed by atoms with Gasteiger partial charge in [-0.25, -0.2) is 0 Å². The monoisotopic (exact) mass is 158 g/mol.